The number of hydrogen-bond donors (Lipinski definition) is 1. The van der Waals surface area contributed by atoms with E-state index in [1.54, 1.807) is 16.7 Å². The second-order valence-electron chi connectivity index (χ2n) is 11.3. The molecule has 1 aromatic heterocycles. The number of hydrogen-bond acceptors (Lipinski definition) is 7. The van der Waals surface area contributed by atoms with Gasteiger partial charge in [-0.05, 0) is 54.7 Å². The second-order valence-corrected chi connectivity index (χ2v) is 12.9. The smallest absolute Gasteiger partial charge is 0.296 e. The van der Waals surface area contributed by atoms with Gasteiger partial charge in [-0.15, -0.1) is 0 Å². The predicted octanol–water partition coefficient (Wildman–Crippen LogP) is 4.97. The van der Waals surface area contributed by atoms with Gasteiger partial charge in [0, 0.05) is 36.7 Å². The number of unbranched alkanes of at least 4 members (excludes halogenated alkanes) is 1. The third-order valence-electron chi connectivity index (χ3n) is 8.10. The number of morpholine rings is 1. The third-order valence-corrected chi connectivity index (χ3v) is 9.45. The van der Waals surface area contributed by atoms with E-state index in [1.165, 1.54) is 0 Å². The number of aromatic nitrogens is 2. The minimum atomic E-state index is -4.12. The summed E-state index contributed by atoms with van der Waals surface area (Å²) in [4.78, 5) is 33.4. The zero-order valence-corrected chi connectivity index (χ0v) is 25.1. The van der Waals surface area contributed by atoms with Gasteiger partial charge in [0.2, 0.25) is 0 Å². The lowest BCUT2D eigenvalue weighted by Crippen LogP contribution is -2.36. The van der Waals surface area contributed by atoms with E-state index in [-0.39, 0.29) is 5.56 Å². The number of rotatable bonds is 10. The maximum atomic E-state index is 13.9. The molecule has 0 spiro atoms. The summed E-state index contributed by atoms with van der Waals surface area (Å²) in [6.07, 6.45) is 3.87. The molecule has 4 aromatic rings. The molecule has 224 valence electrons. The Kier molecular flexibility index (Phi) is 8.32. The van der Waals surface area contributed by atoms with Crippen LogP contribution in [0.3, 0.4) is 0 Å². The zero-order valence-electron chi connectivity index (χ0n) is 24.3. The second kappa shape index (κ2) is 12.3. The highest BCUT2D eigenvalue weighted by Crippen LogP contribution is 2.34. The molecule has 1 aliphatic heterocycles. The SMILES string of the molecule is CCCCc1nc2ccc(N3CCOCC3)cc2c(=O)n1Cc1ccc(-c2ccccc2NS(=O)(=O)C(=O)C2CC2)cc1. The molecule has 0 unspecified atom stereocenters. The molecule has 2 heterocycles. The normalized spacial score (nSPS) is 15.5. The fourth-order valence-corrected chi connectivity index (χ4v) is 6.73. The highest BCUT2D eigenvalue weighted by molar-refractivity contribution is 8.07. The lowest BCUT2D eigenvalue weighted by Gasteiger charge is -2.29. The number of nitrogens with zero attached hydrogens (tertiary/aromatic N) is 3. The number of ether oxygens (including phenoxy) is 1. The Morgan fingerprint density at radius 3 is 2.49 bits per heavy atom. The van der Waals surface area contributed by atoms with Crippen molar-refractivity contribution in [2.75, 3.05) is 35.9 Å². The van der Waals surface area contributed by atoms with Gasteiger partial charge in [0.15, 0.2) is 0 Å². The van der Waals surface area contributed by atoms with Crippen LogP contribution >= 0.6 is 0 Å². The number of nitrogens with one attached hydrogen (secondary N) is 1. The number of para-hydroxylation sites is 1. The summed E-state index contributed by atoms with van der Waals surface area (Å²) < 4.78 is 35.1. The van der Waals surface area contributed by atoms with Crippen LogP contribution in [-0.4, -0.2) is 49.4 Å². The molecule has 0 atom stereocenters. The van der Waals surface area contributed by atoms with Gasteiger partial charge >= 0.3 is 0 Å². The molecule has 9 nitrogen and oxygen atoms in total. The predicted molar refractivity (Wildman–Crippen MR) is 169 cm³/mol. The van der Waals surface area contributed by atoms with Gasteiger partial charge in [-0.2, -0.15) is 8.42 Å². The molecular formula is C33H36N4O5S. The zero-order chi connectivity index (χ0) is 30.0. The van der Waals surface area contributed by atoms with Crippen molar-refractivity contribution in [1.29, 1.82) is 0 Å². The molecular weight excluding hydrogens is 564 g/mol. The van der Waals surface area contributed by atoms with Gasteiger partial charge in [0.1, 0.15) is 5.82 Å². The van der Waals surface area contributed by atoms with E-state index in [2.05, 4.69) is 16.5 Å². The van der Waals surface area contributed by atoms with Crippen LogP contribution in [-0.2, 0) is 32.5 Å². The lowest BCUT2D eigenvalue weighted by atomic mass is 10.0. The number of aryl methyl sites for hydroxylation is 1. The van der Waals surface area contributed by atoms with E-state index >= 15 is 0 Å². The average molecular weight is 601 g/mol. The summed E-state index contributed by atoms with van der Waals surface area (Å²) in [5.41, 5.74) is 4.40. The molecule has 1 saturated heterocycles. The Balaban J connectivity index is 1.29. The number of benzene rings is 3. The molecule has 1 saturated carbocycles. The van der Waals surface area contributed by atoms with Crippen LogP contribution in [0.2, 0.25) is 0 Å². The first-order valence-corrected chi connectivity index (χ1v) is 16.4. The van der Waals surface area contributed by atoms with E-state index in [1.807, 2.05) is 54.6 Å². The summed E-state index contributed by atoms with van der Waals surface area (Å²) in [5.74, 6) is 0.368. The Morgan fingerprint density at radius 2 is 1.77 bits per heavy atom. The maximum absolute atomic E-state index is 13.9. The minimum Gasteiger partial charge on any atom is -0.378 e. The topological polar surface area (TPSA) is 111 Å². The van der Waals surface area contributed by atoms with E-state index in [0.29, 0.717) is 61.2 Å². The van der Waals surface area contributed by atoms with Crippen molar-refractivity contribution in [3.8, 4) is 11.1 Å². The number of fused-ring (bicyclic) bond motifs is 1. The average Bonchev–Trinajstić information content (AvgIpc) is 3.88. The Hall–Kier alpha value is -4.02. The van der Waals surface area contributed by atoms with Crippen LogP contribution in [0.25, 0.3) is 22.0 Å². The number of sulfonamides is 1. The fraction of sp³-hybridized carbons (Fsp3) is 0.364. The molecule has 10 heteroatoms. The monoisotopic (exact) mass is 600 g/mol. The maximum Gasteiger partial charge on any atom is 0.296 e. The molecule has 0 bridgehead atoms. The molecule has 6 rings (SSSR count). The summed E-state index contributed by atoms with van der Waals surface area (Å²) in [6, 6.07) is 20.7. The molecule has 1 aliphatic carbocycles. The van der Waals surface area contributed by atoms with E-state index in [4.69, 9.17) is 9.72 Å². The molecule has 2 fully saturated rings. The highest BCUT2D eigenvalue weighted by Gasteiger charge is 2.38. The number of anilines is 2. The molecule has 0 amide bonds. The van der Waals surface area contributed by atoms with Crippen molar-refractivity contribution in [3.05, 3.63) is 88.5 Å². The number of carbonyl (C=O) groups is 1. The van der Waals surface area contributed by atoms with Crippen molar-refractivity contribution in [3.63, 3.8) is 0 Å². The lowest BCUT2D eigenvalue weighted by molar-refractivity contribution is -0.112. The first kappa shape index (κ1) is 29.1. The summed E-state index contributed by atoms with van der Waals surface area (Å²) >= 11 is 0. The van der Waals surface area contributed by atoms with Crippen molar-refractivity contribution in [2.45, 2.75) is 45.6 Å². The van der Waals surface area contributed by atoms with Gasteiger partial charge in [-0.1, -0.05) is 55.8 Å². The highest BCUT2D eigenvalue weighted by atomic mass is 32.2. The first-order valence-electron chi connectivity index (χ1n) is 15.0. The van der Waals surface area contributed by atoms with Crippen molar-refractivity contribution < 1.29 is 17.9 Å². The Morgan fingerprint density at radius 1 is 1.02 bits per heavy atom. The van der Waals surface area contributed by atoms with Gasteiger partial charge in [0.05, 0.1) is 36.3 Å². The minimum absolute atomic E-state index is 0.0598. The van der Waals surface area contributed by atoms with Crippen LogP contribution in [0.5, 0.6) is 0 Å². The molecule has 2 aliphatic rings. The standard InChI is InChI=1S/C33H36N4O5S/c1-2-3-8-31-34-29-16-15-26(36-17-19-42-20-18-36)21-28(29)32(38)37(31)22-23-9-11-24(12-10-23)27-6-4-5-7-30(27)35-43(40,41)33(39)25-13-14-25/h4-7,9-12,15-16,21,25,35H,2-3,8,13-14,17-20,22H2,1H3. The van der Waals surface area contributed by atoms with Crippen molar-refractivity contribution in [1.82, 2.24) is 9.55 Å². The quantitative estimate of drug-likeness (QED) is 0.274. The molecule has 3 aromatic carbocycles. The van der Waals surface area contributed by atoms with Crippen LogP contribution in [0.4, 0.5) is 11.4 Å². The van der Waals surface area contributed by atoms with Crippen LogP contribution in [0.15, 0.2) is 71.5 Å². The van der Waals surface area contributed by atoms with Crippen LogP contribution in [0, 0.1) is 5.92 Å². The molecule has 43 heavy (non-hydrogen) atoms. The van der Waals surface area contributed by atoms with E-state index in [9.17, 15) is 18.0 Å². The van der Waals surface area contributed by atoms with Crippen LogP contribution in [0.1, 0.15) is 44.0 Å². The van der Waals surface area contributed by atoms with Crippen LogP contribution < -0.4 is 15.2 Å². The molecule has 0 radical (unpaired) electrons. The summed E-state index contributed by atoms with van der Waals surface area (Å²) in [7, 11) is -4.12. The van der Waals surface area contributed by atoms with Gasteiger partial charge in [-0.25, -0.2) is 4.98 Å². The summed E-state index contributed by atoms with van der Waals surface area (Å²) in [5, 5.41) is -0.147. The van der Waals surface area contributed by atoms with Gasteiger partial charge in [0.25, 0.3) is 20.7 Å². The first-order chi connectivity index (χ1) is 20.8. The number of carbonyl (C=O) groups excluding carboxylic acids is 1. The van der Waals surface area contributed by atoms with Crippen molar-refractivity contribution in [2.24, 2.45) is 5.92 Å². The van der Waals surface area contributed by atoms with E-state index in [0.717, 1.165) is 48.6 Å². The molecule has 1 N–H and O–H groups in total. The summed E-state index contributed by atoms with van der Waals surface area (Å²) in [6.45, 7) is 5.40. The Labute approximate surface area is 251 Å². The van der Waals surface area contributed by atoms with Gasteiger partial charge < -0.3 is 9.64 Å². The Bertz CT molecular complexity index is 1810. The van der Waals surface area contributed by atoms with Crippen molar-refractivity contribution >= 4 is 37.4 Å². The van der Waals surface area contributed by atoms with E-state index < -0.39 is 21.1 Å². The fourth-order valence-electron chi connectivity index (χ4n) is 5.49. The third kappa shape index (κ3) is 6.35. The largest absolute Gasteiger partial charge is 0.378 e. The van der Waals surface area contributed by atoms with Gasteiger partial charge in [-0.3, -0.25) is 18.9 Å².